The van der Waals surface area contributed by atoms with Crippen molar-refractivity contribution in [3.63, 3.8) is 0 Å². The van der Waals surface area contributed by atoms with E-state index in [1.54, 1.807) is 0 Å². The highest BCUT2D eigenvalue weighted by Gasteiger charge is 2.47. The van der Waals surface area contributed by atoms with Crippen LogP contribution in [0.3, 0.4) is 0 Å². The van der Waals surface area contributed by atoms with E-state index in [4.69, 9.17) is 56.9 Å². The number of benzene rings is 5. The first-order valence-corrected chi connectivity index (χ1v) is 46.0. The van der Waals surface area contributed by atoms with Crippen LogP contribution < -0.4 is 28.7 Å². The molecule has 0 bridgehead atoms. The fraction of sp³-hybridized carbons (Fsp3) is 0.505. The maximum Gasteiger partial charge on any atom is 0.453 e. The lowest BCUT2D eigenvalue weighted by molar-refractivity contribution is -0.146. The van der Waals surface area contributed by atoms with Gasteiger partial charge in [0.15, 0.2) is 58.2 Å². The van der Waals surface area contributed by atoms with Crippen molar-refractivity contribution in [2.24, 2.45) is 28.7 Å². The molecule has 5 saturated heterocycles. The first kappa shape index (κ1) is 104. The summed E-state index contributed by atoms with van der Waals surface area (Å²) in [5.41, 5.74) is 35.5. The number of imidazole rings is 1. The van der Waals surface area contributed by atoms with Crippen molar-refractivity contribution in [1.82, 2.24) is 73.9 Å². The Hall–Kier alpha value is -10.5. The van der Waals surface area contributed by atoms with Crippen LogP contribution in [0.5, 0.6) is 0 Å². The highest BCUT2D eigenvalue weighted by atomic mass is 19.4. The van der Waals surface area contributed by atoms with Gasteiger partial charge in [-0.2, -0.15) is 39.5 Å². The van der Waals surface area contributed by atoms with Gasteiger partial charge in [0.05, 0.1) is 75.4 Å². The van der Waals surface area contributed by atoms with Crippen molar-refractivity contribution < 1.29 is 134 Å². The molecule has 21 rings (SSSR count). The number of ether oxygens (including phenoxy) is 5. The van der Waals surface area contributed by atoms with Crippen LogP contribution >= 0.6 is 0 Å². The van der Waals surface area contributed by atoms with E-state index in [0.717, 1.165) is 98.7 Å². The molecule has 5 aromatic carbocycles. The van der Waals surface area contributed by atoms with Crippen LogP contribution in [-0.2, 0) is 107 Å². The van der Waals surface area contributed by atoms with Crippen LogP contribution in [0.4, 0.5) is 105 Å². The van der Waals surface area contributed by atoms with Gasteiger partial charge in [-0.25, -0.2) is 100 Å². The Morgan fingerprint density at radius 1 is 0.329 bits per heavy atom. The number of rotatable bonds is 11. The molecule has 11 aliphatic rings. The quantitative estimate of drug-likeness (QED) is 0.0593. The van der Waals surface area contributed by atoms with Crippen molar-refractivity contribution in [2.75, 3.05) is 65.8 Å². The average molecular weight is 2050 g/mol. The lowest BCUT2D eigenvalue weighted by Gasteiger charge is -2.41. The molecule has 143 heavy (non-hydrogen) atoms. The molecule has 10 N–H and O–H groups in total. The van der Waals surface area contributed by atoms with E-state index >= 15 is 0 Å². The van der Waals surface area contributed by atoms with Gasteiger partial charge in [-0.15, -0.1) is 5.10 Å². The third-order valence-corrected chi connectivity index (χ3v) is 27.5. The van der Waals surface area contributed by atoms with Gasteiger partial charge in [-0.3, -0.25) is 24.5 Å². The van der Waals surface area contributed by atoms with E-state index < -0.39 is 184 Å². The molecule has 15 atom stereocenters. The minimum absolute atomic E-state index is 0.0270. The van der Waals surface area contributed by atoms with Crippen molar-refractivity contribution in [3.8, 4) is 0 Å². The second kappa shape index (κ2) is 42.5. The molecule has 0 spiro atoms. The summed E-state index contributed by atoms with van der Waals surface area (Å²) < 4.78 is 357. The summed E-state index contributed by atoms with van der Waals surface area (Å²) in [4.78, 5) is 32.5. The number of alkyl halides is 9. The normalized spacial score (nSPS) is 26.2. The van der Waals surface area contributed by atoms with Gasteiger partial charge in [0, 0.05) is 226 Å². The molecule has 10 aliphatic heterocycles. The summed E-state index contributed by atoms with van der Waals surface area (Å²) in [6.07, 6.45) is -7.67. The summed E-state index contributed by atoms with van der Waals surface area (Å²) in [5.74, 6) is -17.4. The van der Waals surface area contributed by atoms with Crippen LogP contribution in [0, 0.1) is 94.2 Å². The van der Waals surface area contributed by atoms with Gasteiger partial charge in [-0.1, -0.05) is 5.16 Å². The van der Waals surface area contributed by atoms with Crippen LogP contribution in [0.2, 0.25) is 0 Å². The van der Waals surface area contributed by atoms with Crippen LogP contribution in [-0.4, -0.2) is 200 Å². The van der Waals surface area contributed by atoms with E-state index in [1.807, 2.05) is 27.8 Å². The highest BCUT2D eigenvalue weighted by Crippen LogP contribution is 2.46. The summed E-state index contributed by atoms with van der Waals surface area (Å²) in [5, 5.41) is 7.71. The molecule has 1 saturated carbocycles. The van der Waals surface area contributed by atoms with Gasteiger partial charge in [0.1, 0.15) is 77.0 Å². The minimum Gasteiger partial charge on any atom is -0.370 e. The Kier molecular flexibility index (Phi) is 30.9. The molecule has 5 aromatic heterocycles. The molecule has 772 valence electrons. The van der Waals surface area contributed by atoms with E-state index in [2.05, 4.69) is 54.5 Å². The number of fused-ring (bicyclic) bond motifs is 5. The molecule has 50 heteroatoms. The second-order valence-corrected chi connectivity index (χ2v) is 37.2. The highest BCUT2D eigenvalue weighted by molar-refractivity contribution is 5.34. The smallest absolute Gasteiger partial charge is 0.370 e. The third-order valence-electron chi connectivity index (χ3n) is 27.5. The van der Waals surface area contributed by atoms with E-state index in [9.17, 15) is 105 Å². The number of aryl methyl sites for hydroxylation is 1. The summed E-state index contributed by atoms with van der Waals surface area (Å²) in [6, 6.07) is 2.78. The summed E-state index contributed by atoms with van der Waals surface area (Å²) in [6.45, 7) is 9.33. The van der Waals surface area contributed by atoms with Crippen LogP contribution in [0.25, 0.3) is 0 Å². The molecule has 26 nitrogen and oxygen atoms in total. The van der Waals surface area contributed by atoms with Crippen molar-refractivity contribution >= 4 is 0 Å². The third kappa shape index (κ3) is 23.3. The largest absolute Gasteiger partial charge is 0.453 e. The molecule has 0 amide bonds. The van der Waals surface area contributed by atoms with Crippen molar-refractivity contribution in [3.05, 3.63) is 269 Å². The number of hydrogen-bond acceptors (Lipinski definition) is 24. The maximum atomic E-state index is 14.1. The first-order valence-electron chi connectivity index (χ1n) is 46.0. The lowest BCUT2D eigenvalue weighted by Crippen LogP contribution is -2.51. The number of nitrogens with zero attached hydrogens (tertiary/aromatic N) is 15. The first-order chi connectivity index (χ1) is 67.8. The Morgan fingerprint density at radius 2 is 0.664 bits per heavy atom. The summed E-state index contributed by atoms with van der Waals surface area (Å²) >= 11 is 0. The molecular formula is C93H96F24N20O6. The fourth-order valence-electron chi connectivity index (χ4n) is 20.0. The SMILES string of the molecule is Cc1cn2c(n1)CN([C@H]1COC(c3cc(F)c(F)cc3F)[C@@H](N)C1)CC2.N[C@H]1C[C@@H](N2CCc3cnc(C(F)(F)F)nc3C2)COC1c1cc(F)c(F)cc1F.N[C@H]1C[C@@H](N2CCc3nc(C(F)(F)F)ncc3C2)COC1c1cc(F)c(F)cc1F.N[C@H]1C[C@@H](N2CCc3noc(C4CC4)c3C2)COC1c1cc(F)c(F)cc1F.N[C@H]1C[C@@H](N2CCn3nc(C(F)(F)F)nc3C2)COC1c1cc(F)c(F)cc1F. The van der Waals surface area contributed by atoms with Crippen molar-refractivity contribution in [2.45, 2.75) is 232 Å². The number of hydrogen-bond donors (Lipinski definition) is 5. The standard InChI is InChI=1S/C20H22F3N3O2.2C19H18F6N4O.C18H21F3N4O.C17H17F6N5O/c21-14-7-16(23)15(22)6-12(14)20-17(24)5-11(9-27-20)26-4-3-18-13(8-26)19(28-25-18)10-1-2-10;20-12-5-14(22)13(21)4-11(12)17-15(26)3-10(8-30-17)29-2-1-16-9(7-29)6-27-18(28-16)19(23,24)25;20-12-5-14(22)13(21)4-11(12)17-15(26)3-10(8-30-17)29-2-1-9-6-27-18(19(23,24)25)28-16(9)7-29;1-10-7-25-3-2-24(8-17(25)23-10)11-4-16(22)18(26-9-11)12-5-14(20)15(21)6-13(12)19;18-10-5-12(20)11(19)4-9(10)15-13(24)3-8(7-29-15)27-1-2-28-14(6-27)25-16(26-28)17(21,22)23/h6-7,10-11,17,20H,1-5,8-9,24H2;2*4-6,10,15,17H,1-3,7-8,26H2;5-7,11,16,18H,2-4,8-9,22H2,1H3;4-5,8,13,15H,1-3,6-7,24H2/t11-,17+,20?;2*10-,15+,17?;11-,16+,18?;8-,13+,15?/m11111/s1. The van der Waals surface area contributed by atoms with Gasteiger partial charge in [0.25, 0.3) is 5.82 Å². The topological polar surface area (TPSA) is 319 Å². The molecule has 10 aromatic rings. The summed E-state index contributed by atoms with van der Waals surface area (Å²) in [7, 11) is 0. The minimum atomic E-state index is -4.63. The molecule has 5 unspecified atom stereocenters. The monoisotopic (exact) mass is 2040 g/mol. The van der Waals surface area contributed by atoms with Gasteiger partial charge in [0.2, 0.25) is 11.6 Å². The zero-order valence-corrected chi connectivity index (χ0v) is 76.0. The number of halogens is 24. The molecule has 1 aliphatic carbocycles. The van der Waals surface area contributed by atoms with Crippen LogP contribution in [0.15, 0.2) is 83.8 Å². The van der Waals surface area contributed by atoms with Crippen molar-refractivity contribution in [1.29, 1.82) is 0 Å². The fourth-order valence-corrected chi connectivity index (χ4v) is 20.0. The van der Waals surface area contributed by atoms with Gasteiger partial charge in [-0.05, 0) is 94.2 Å². The van der Waals surface area contributed by atoms with E-state index in [-0.39, 0.29) is 103 Å². The Labute approximate surface area is 799 Å². The molecule has 6 fully saturated rings. The van der Waals surface area contributed by atoms with Gasteiger partial charge < -0.3 is 61.4 Å². The number of aromatic nitrogens is 10. The number of nitrogens with two attached hydrogens (primary N) is 5. The molecule has 0 radical (unpaired) electrons. The Morgan fingerprint density at radius 3 is 1.05 bits per heavy atom. The van der Waals surface area contributed by atoms with Crippen LogP contribution in [0.1, 0.15) is 184 Å². The van der Waals surface area contributed by atoms with E-state index in [1.165, 1.54) is 22.6 Å². The lowest BCUT2D eigenvalue weighted by atomic mass is 9.92. The molecular weight excluding hydrogens is 1950 g/mol. The zero-order valence-electron chi connectivity index (χ0n) is 76.0. The zero-order chi connectivity index (χ0) is 102. The Balaban J connectivity index is 0.000000123. The average Bonchev–Trinajstić information content (AvgIpc) is 1.72. The predicted molar refractivity (Wildman–Crippen MR) is 455 cm³/mol. The molecule has 15 heterocycles. The van der Waals surface area contributed by atoms with E-state index in [0.29, 0.717) is 150 Å². The predicted octanol–water partition coefficient (Wildman–Crippen LogP) is 14.1. The maximum absolute atomic E-state index is 14.1. The second-order valence-electron chi connectivity index (χ2n) is 37.2. The Bertz CT molecular complexity index is 6260. The van der Waals surface area contributed by atoms with Gasteiger partial charge >= 0.3 is 18.5 Å².